The first-order valence-electron chi connectivity index (χ1n) is 2.97. The van der Waals surface area contributed by atoms with Crippen molar-refractivity contribution in [2.75, 3.05) is 6.54 Å². The Morgan fingerprint density at radius 1 is 1.67 bits per heavy atom. The summed E-state index contributed by atoms with van der Waals surface area (Å²) in [4.78, 5) is 0. The molecule has 1 aliphatic rings. The molecule has 0 bridgehead atoms. The third-order valence-corrected chi connectivity index (χ3v) is 1.92. The topological polar surface area (TPSA) is 38.0 Å². The highest BCUT2D eigenvalue weighted by Gasteiger charge is 2.25. The molecule has 1 aliphatic heterocycles. The zero-order valence-corrected chi connectivity index (χ0v) is 5.74. The first-order chi connectivity index (χ1) is 4.20. The molecule has 1 rings (SSSR count). The second-order valence-electron chi connectivity index (χ2n) is 2.31. The number of hydrogen-bond acceptors (Lipinski definition) is 2. The molecule has 3 N–H and O–H groups in total. The predicted molar refractivity (Wildman–Crippen MR) is 35.1 cm³/mol. The fourth-order valence-electron chi connectivity index (χ4n) is 0.890. The van der Waals surface area contributed by atoms with Crippen molar-refractivity contribution in [1.82, 2.24) is 5.32 Å². The van der Waals surface area contributed by atoms with Gasteiger partial charge in [0.2, 0.25) is 0 Å². The largest absolute Gasteiger partial charge is 0.325 e. The Labute approximate surface area is 58.6 Å². The van der Waals surface area contributed by atoms with E-state index in [0.29, 0.717) is 13.0 Å². The van der Waals surface area contributed by atoms with Crippen molar-refractivity contribution in [3.63, 3.8) is 0 Å². The summed E-state index contributed by atoms with van der Waals surface area (Å²) in [6.07, 6.45) is -0.448. The van der Waals surface area contributed by atoms with Crippen molar-refractivity contribution < 1.29 is 4.39 Å². The lowest BCUT2D eigenvalue weighted by atomic mass is 10.1. The van der Waals surface area contributed by atoms with Gasteiger partial charge in [0, 0.05) is 12.6 Å². The maximum Gasteiger partial charge on any atom is 0.114 e. The van der Waals surface area contributed by atoms with Gasteiger partial charge < -0.3 is 5.73 Å². The molecule has 0 amide bonds. The molecule has 0 radical (unpaired) electrons. The summed E-state index contributed by atoms with van der Waals surface area (Å²) in [5, 5.41) is 2.75. The maximum atomic E-state index is 12.4. The van der Waals surface area contributed by atoms with E-state index >= 15 is 0 Å². The second-order valence-corrected chi connectivity index (χ2v) is 2.78. The summed E-state index contributed by atoms with van der Waals surface area (Å²) in [7, 11) is 0. The lowest BCUT2D eigenvalue weighted by Gasteiger charge is -2.27. The molecular weight excluding hydrogens is 143 g/mol. The van der Waals surface area contributed by atoms with Gasteiger partial charge in [0.05, 0.1) is 5.50 Å². The van der Waals surface area contributed by atoms with Gasteiger partial charge in [0.1, 0.15) is 6.17 Å². The molecule has 54 valence electrons. The van der Waals surface area contributed by atoms with Crippen LogP contribution >= 0.6 is 11.6 Å². The van der Waals surface area contributed by atoms with E-state index in [1.807, 2.05) is 0 Å². The van der Waals surface area contributed by atoms with Gasteiger partial charge in [-0.25, -0.2) is 4.39 Å². The molecule has 2 nitrogen and oxygen atoms in total. The van der Waals surface area contributed by atoms with Crippen LogP contribution in [-0.4, -0.2) is 24.3 Å². The van der Waals surface area contributed by atoms with Crippen molar-refractivity contribution in [2.24, 2.45) is 5.73 Å². The molecule has 1 heterocycles. The Bertz CT molecular complexity index is 101. The van der Waals surface area contributed by atoms with Crippen LogP contribution in [0.5, 0.6) is 0 Å². The van der Waals surface area contributed by atoms with Crippen molar-refractivity contribution in [1.29, 1.82) is 0 Å². The number of nitrogens with two attached hydrogens (primary N) is 1. The third-order valence-electron chi connectivity index (χ3n) is 1.44. The van der Waals surface area contributed by atoms with Crippen molar-refractivity contribution in [2.45, 2.75) is 24.1 Å². The number of piperidine rings is 1. The number of alkyl halides is 2. The molecule has 3 atom stereocenters. The number of hydrogen-bond donors (Lipinski definition) is 2. The minimum absolute atomic E-state index is 0.240. The number of halogens is 2. The normalized spacial score (nSPS) is 45.0. The first-order valence-corrected chi connectivity index (χ1v) is 3.41. The zero-order chi connectivity index (χ0) is 6.85. The van der Waals surface area contributed by atoms with Gasteiger partial charge in [-0.3, -0.25) is 5.32 Å². The highest BCUT2D eigenvalue weighted by Crippen LogP contribution is 2.11. The summed E-state index contributed by atoms with van der Waals surface area (Å²) in [5.41, 5.74) is 5.18. The van der Waals surface area contributed by atoms with Gasteiger partial charge in [0.25, 0.3) is 0 Å². The molecule has 1 saturated heterocycles. The van der Waals surface area contributed by atoms with Gasteiger partial charge in [-0.05, 0) is 6.42 Å². The molecule has 0 saturated carbocycles. The van der Waals surface area contributed by atoms with Gasteiger partial charge in [-0.1, -0.05) is 0 Å². The average molecular weight is 153 g/mol. The molecule has 0 spiro atoms. The monoisotopic (exact) mass is 152 g/mol. The predicted octanol–water partition coefficient (Wildman–Crippen LogP) is 0.210. The summed E-state index contributed by atoms with van der Waals surface area (Å²) >= 11 is 5.63. The Balaban J connectivity index is 2.35. The lowest BCUT2D eigenvalue weighted by molar-refractivity contribution is 0.237. The second kappa shape index (κ2) is 2.82. The lowest BCUT2D eigenvalue weighted by Crippen LogP contribution is -2.50. The Hall–Kier alpha value is 0.140. The molecule has 0 aliphatic carbocycles. The van der Waals surface area contributed by atoms with Gasteiger partial charge in [0.15, 0.2) is 0 Å². The SMILES string of the molecule is NC1CC(F)CNC1Cl. The zero-order valence-electron chi connectivity index (χ0n) is 4.98. The minimum Gasteiger partial charge on any atom is -0.325 e. The van der Waals surface area contributed by atoms with Crippen LogP contribution in [0, 0.1) is 0 Å². The fourth-order valence-corrected chi connectivity index (χ4v) is 1.08. The van der Waals surface area contributed by atoms with E-state index < -0.39 is 6.17 Å². The van der Waals surface area contributed by atoms with Gasteiger partial charge >= 0.3 is 0 Å². The molecule has 1 fully saturated rings. The Kier molecular flexibility index (Phi) is 2.27. The molecule has 4 heteroatoms. The summed E-state index contributed by atoms with van der Waals surface area (Å²) in [5.74, 6) is 0. The van der Waals surface area contributed by atoms with Gasteiger partial charge in [-0.15, -0.1) is 11.6 Å². The van der Waals surface area contributed by atoms with E-state index in [9.17, 15) is 4.39 Å². The summed E-state index contributed by atoms with van der Waals surface area (Å²) in [6.45, 7) is 0.335. The summed E-state index contributed by atoms with van der Waals surface area (Å²) in [6, 6.07) is -0.240. The van der Waals surface area contributed by atoms with E-state index in [2.05, 4.69) is 5.32 Å². The van der Waals surface area contributed by atoms with Crippen LogP contribution in [0.4, 0.5) is 4.39 Å². The van der Waals surface area contributed by atoms with Crippen LogP contribution in [-0.2, 0) is 0 Å². The van der Waals surface area contributed by atoms with E-state index in [1.54, 1.807) is 0 Å². The Morgan fingerprint density at radius 3 is 2.78 bits per heavy atom. The highest BCUT2D eigenvalue weighted by molar-refractivity contribution is 6.20. The van der Waals surface area contributed by atoms with Crippen molar-refractivity contribution >= 4 is 11.6 Å². The van der Waals surface area contributed by atoms with Crippen molar-refractivity contribution in [3.8, 4) is 0 Å². The standard InChI is InChI=1S/C5H10ClFN2/c6-5-4(8)1-3(7)2-9-5/h3-5,9H,1-2,8H2. The molecule has 9 heavy (non-hydrogen) atoms. The van der Waals surface area contributed by atoms with Crippen LogP contribution in [0.25, 0.3) is 0 Å². The third kappa shape index (κ3) is 1.78. The quantitative estimate of drug-likeness (QED) is 0.385. The smallest absolute Gasteiger partial charge is 0.114 e. The van der Waals surface area contributed by atoms with Crippen LogP contribution in [0.3, 0.4) is 0 Å². The maximum absolute atomic E-state index is 12.4. The Morgan fingerprint density at radius 2 is 2.33 bits per heavy atom. The molecule has 0 aromatic heterocycles. The highest BCUT2D eigenvalue weighted by atomic mass is 35.5. The van der Waals surface area contributed by atoms with Crippen LogP contribution < -0.4 is 11.1 Å². The van der Waals surface area contributed by atoms with Crippen LogP contribution in [0.15, 0.2) is 0 Å². The van der Waals surface area contributed by atoms with E-state index in [1.165, 1.54) is 0 Å². The van der Waals surface area contributed by atoms with E-state index in [-0.39, 0.29) is 11.5 Å². The number of rotatable bonds is 0. The fraction of sp³-hybridized carbons (Fsp3) is 1.00. The van der Waals surface area contributed by atoms with E-state index in [0.717, 1.165) is 0 Å². The molecule has 0 aromatic carbocycles. The van der Waals surface area contributed by atoms with Gasteiger partial charge in [-0.2, -0.15) is 0 Å². The van der Waals surface area contributed by atoms with Crippen molar-refractivity contribution in [3.05, 3.63) is 0 Å². The number of nitrogens with one attached hydrogen (secondary N) is 1. The molecular formula is C5H10ClFN2. The first kappa shape index (κ1) is 7.25. The average Bonchev–Trinajstić information content (AvgIpc) is 1.80. The van der Waals surface area contributed by atoms with Crippen LogP contribution in [0.2, 0.25) is 0 Å². The summed E-state index contributed by atoms with van der Waals surface area (Å²) < 4.78 is 12.4. The van der Waals surface area contributed by atoms with Crippen LogP contribution in [0.1, 0.15) is 6.42 Å². The molecule has 3 unspecified atom stereocenters. The van der Waals surface area contributed by atoms with E-state index in [4.69, 9.17) is 17.3 Å². The molecule has 0 aromatic rings. The minimum atomic E-state index is -0.824.